The quantitative estimate of drug-likeness (QED) is 0.569. The minimum Gasteiger partial charge on any atom is -1.00 e. The van der Waals surface area contributed by atoms with Crippen molar-refractivity contribution in [3.05, 3.63) is 56.9 Å². The van der Waals surface area contributed by atoms with E-state index in [2.05, 4.69) is 11.0 Å². The van der Waals surface area contributed by atoms with Crippen molar-refractivity contribution >= 4 is 50.5 Å². The first-order chi connectivity index (χ1) is 14.1. The Morgan fingerprint density at radius 3 is 2.57 bits per heavy atom. The number of piperazine rings is 1. The van der Waals surface area contributed by atoms with Gasteiger partial charge in [-0.3, -0.25) is 9.69 Å². The van der Waals surface area contributed by atoms with Crippen molar-refractivity contribution in [2.75, 3.05) is 33.0 Å². The van der Waals surface area contributed by atoms with Gasteiger partial charge in [0.25, 0.3) is 5.91 Å². The maximum atomic E-state index is 13.0. The van der Waals surface area contributed by atoms with Gasteiger partial charge >= 0.3 is 0 Å². The zero-order chi connectivity index (χ0) is 20.0. The second kappa shape index (κ2) is 8.81. The minimum absolute atomic E-state index is 0. The first-order valence-corrected chi connectivity index (χ1v) is 10.9. The zero-order valence-electron chi connectivity index (χ0n) is 15.9. The molecule has 0 aliphatic carbocycles. The third-order valence-corrected chi connectivity index (χ3v) is 7.17. The summed E-state index contributed by atoms with van der Waals surface area (Å²) in [5, 5.41) is 2.05. The molecule has 0 radical (unpaired) electrons. The van der Waals surface area contributed by atoms with E-state index in [1.165, 1.54) is 16.9 Å². The normalized spacial score (nSPS) is 16.0. The van der Waals surface area contributed by atoms with Gasteiger partial charge in [0.15, 0.2) is 11.5 Å². The number of hydrogen-bond donors (Lipinski definition) is 0. The molecule has 1 saturated heterocycles. The van der Waals surface area contributed by atoms with Crippen LogP contribution in [-0.2, 0) is 6.54 Å². The van der Waals surface area contributed by atoms with Crippen LogP contribution >= 0.6 is 34.5 Å². The van der Waals surface area contributed by atoms with Crippen LogP contribution < -0.4 is 21.9 Å². The smallest absolute Gasteiger partial charge is 0.265 e. The summed E-state index contributed by atoms with van der Waals surface area (Å²) in [5.41, 5.74) is 1.18. The van der Waals surface area contributed by atoms with Crippen molar-refractivity contribution in [1.29, 1.82) is 0 Å². The van der Waals surface area contributed by atoms with Gasteiger partial charge in [0.1, 0.15) is 4.88 Å². The molecule has 30 heavy (non-hydrogen) atoms. The van der Waals surface area contributed by atoms with Gasteiger partial charge < -0.3 is 26.8 Å². The fraction of sp³-hybridized carbons (Fsp3) is 0.286. The lowest BCUT2D eigenvalue weighted by Gasteiger charge is -2.34. The number of carbonyl (C=O) groups is 1. The van der Waals surface area contributed by atoms with E-state index >= 15 is 0 Å². The van der Waals surface area contributed by atoms with E-state index in [4.69, 9.17) is 32.7 Å². The monoisotopic (exact) mass is 483 g/mol. The molecule has 3 heterocycles. The van der Waals surface area contributed by atoms with E-state index in [9.17, 15) is 4.79 Å². The lowest BCUT2D eigenvalue weighted by molar-refractivity contribution is -0.0000180. The Hall–Kier alpha value is -1.70. The Morgan fingerprint density at radius 2 is 1.77 bits per heavy atom. The Bertz CT molecular complexity index is 1100. The Morgan fingerprint density at radius 1 is 1.00 bits per heavy atom. The van der Waals surface area contributed by atoms with Gasteiger partial charge in [0, 0.05) is 47.8 Å². The third kappa shape index (κ3) is 4.07. The van der Waals surface area contributed by atoms with E-state index in [0.717, 1.165) is 41.2 Å². The summed E-state index contributed by atoms with van der Waals surface area (Å²) in [6.45, 7) is 4.08. The molecule has 0 N–H and O–H groups in total. The molecule has 1 aromatic heterocycles. The summed E-state index contributed by atoms with van der Waals surface area (Å²) in [5.74, 6) is 1.59. The maximum Gasteiger partial charge on any atom is 0.265 e. The van der Waals surface area contributed by atoms with Gasteiger partial charge in [-0.05, 0) is 29.8 Å². The molecule has 2 aromatic carbocycles. The first kappa shape index (κ1) is 21.5. The number of hydrogen-bond acceptors (Lipinski definition) is 5. The topological polar surface area (TPSA) is 42.0 Å². The highest BCUT2D eigenvalue weighted by molar-refractivity contribution is 7.21. The van der Waals surface area contributed by atoms with E-state index < -0.39 is 0 Å². The lowest BCUT2D eigenvalue weighted by Crippen LogP contribution is -3.00. The number of nitrogens with zero attached hydrogens (tertiary/aromatic N) is 2. The second-order valence-electron chi connectivity index (χ2n) is 7.14. The maximum absolute atomic E-state index is 13.0. The van der Waals surface area contributed by atoms with E-state index in [1.807, 2.05) is 29.2 Å². The van der Waals surface area contributed by atoms with Gasteiger partial charge in [-0.25, -0.2) is 0 Å². The summed E-state index contributed by atoms with van der Waals surface area (Å²) in [6, 6.07) is 11.6. The van der Waals surface area contributed by atoms with E-state index in [1.54, 1.807) is 6.07 Å². The summed E-state index contributed by atoms with van der Waals surface area (Å²) in [7, 11) is 0. The van der Waals surface area contributed by atoms with Crippen LogP contribution in [0.3, 0.4) is 0 Å². The van der Waals surface area contributed by atoms with Crippen molar-refractivity contribution in [1.82, 2.24) is 9.80 Å². The molecule has 0 unspecified atom stereocenters. The van der Waals surface area contributed by atoms with Gasteiger partial charge in [-0.15, -0.1) is 11.3 Å². The van der Waals surface area contributed by atoms with Crippen LogP contribution in [0.15, 0.2) is 36.4 Å². The largest absolute Gasteiger partial charge is 1.00 e. The standard InChI is InChI=1S/C21H18Cl2N2O3S.ClH/c22-14-2-3-15-18(10-14)29-20(19(15)23)21(26)25-7-5-24(6-8-25)11-13-1-4-16-17(9-13)28-12-27-16;/h1-4,9-10H,5-8,11-12H2;1H/p-1. The highest BCUT2D eigenvalue weighted by atomic mass is 35.5. The molecule has 2 aliphatic heterocycles. The molecule has 0 atom stereocenters. The molecule has 5 rings (SSSR count). The van der Waals surface area contributed by atoms with E-state index in [-0.39, 0.29) is 25.1 Å². The minimum atomic E-state index is -0.00458. The molecule has 0 bridgehead atoms. The fourth-order valence-electron chi connectivity index (χ4n) is 3.73. The Kier molecular flexibility index (Phi) is 6.32. The molecule has 3 aromatic rings. The summed E-state index contributed by atoms with van der Waals surface area (Å²) in [4.78, 5) is 17.9. The average Bonchev–Trinajstić information content (AvgIpc) is 3.32. The molecule has 9 heteroatoms. The average molecular weight is 485 g/mol. The highest BCUT2D eigenvalue weighted by Crippen LogP contribution is 2.37. The zero-order valence-corrected chi connectivity index (χ0v) is 19.0. The molecule has 1 fully saturated rings. The predicted octanol–water partition coefficient (Wildman–Crippen LogP) is 1.90. The molecule has 0 saturated carbocycles. The lowest BCUT2D eigenvalue weighted by atomic mass is 10.1. The number of benzene rings is 2. The molecule has 1 amide bonds. The summed E-state index contributed by atoms with van der Waals surface area (Å²) >= 11 is 14.0. The first-order valence-electron chi connectivity index (χ1n) is 9.36. The van der Waals surface area contributed by atoms with Crippen LogP contribution in [0.25, 0.3) is 10.1 Å². The summed E-state index contributed by atoms with van der Waals surface area (Å²) in [6.07, 6.45) is 0. The molecule has 158 valence electrons. The van der Waals surface area contributed by atoms with Crippen molar-refractivity contribution in [2.45, 2.75) is 6.54 Å². The molecular weight excluding hydrogens is 467 g/mol. The predicted molar refractivity (Wildman–Crippen MR) is 116 cm³/mol. The van der Waals surface area contributed by atoms with Gasteiger partial charge in [0.05, 0.1) is 5.02 Å². The molecule has 5 nitrogen and oxygen atoms in total. The number of thiophene rings is 1. The number of amides is 1. The Balaban J connectivity index is 0.00000218. The van der Waals surface area contributed by atoms with Crippen LogP contribution in [-0.4, -0.2) is 48.7 Å². The SMILES string of the molecule is O=C(c1sc2cc(Cl)ccc2c1Cl)N1CCN(Cc2ccc3c(c2)OCO3)CC1.[Cl-]. The van der Waals surface area contributed by atoms with Crippen molar-refractivity contribution in [3.63, 3.8) is 0 Å². The number of rotatable bonds is 3. The molecule has 2 aliphatic rings. The number of carbonyl (C=O) groups excluding carboxylic acids is 1. The Labute approximate surface area is 194 Å². The van der Waals surface area contributed by atoms with Crippen LogP contribution in [0.1, 0.15) is 15.2 Å². The van der Waals surface area contributed by atoms with Crippen molar-refractivity contribution < 1.29 is 26.7 Å². The molecular formula is C21H18Cl3N2O3S-. The summed E-state index contributed by atoms with van der Waals surface area (Å²) < 4.78 is 11.8. The second-order valence-corrected chi connectivity index (χ2v) is 9.01. The van der Waals surface area contributed by atoms with Gasteiger partial charge in [0.2, 0.25) is 6.79 Å². The van der Waals surface area contributed by atoms with Crippen molar-refractivity contribution in [3.8, 4) is 11.5 Å². The van der Waals surface area contributed by atoms with Crippen LogP contribution in [0, 0.1) is 0 Å². The third-order valence-electron chi connectivity index (χ3n) is 5.29. The van der Waals surface area contributed by atoms with Gasteiger partial charge in [-0.2, -0.15) is 0 Å². The van der Waals surface area contributed by atoms with Gasteiger partial charge in [-0.1, -0.05) is 35.3 Å². The fourth-order valence-corrected chi connectivity index (χ4v) is 5.48. The number of ether oxygens (including phenoxy) is 2. The number of halogens is 3. The van der Waals surface area contributed by atoms with Crippen LogP contribution in [0.2, 0.25) is 10.0 Å². The number of fused-ring (bicyclic) bond motifs is 2. The van der Waals surface area contributed by atoms with E-state index in [0.29, 0.717) is 28.0 Å². The van der Waals surface area contributed by atoms with Crippen LogP contribution in [0.5, 0.6) is 11.5 Å². The molecule has 0 spiro atoms. The van der Waals surface area contributed by atoms with Crippen LogP contribution in [0.4, 0.5) is 0 Å². The van der Waals surface area contributed by atoms with Crippen molar-refractivity contribution in [2.24, 2.45) is 0 Å². The highest BCUT2D eigenvalue weighted by Gasteiger charge is 2.26.